The van der Waals surface area contributed by atoms with Gasteiger partial charge in [-0.25, -0.2) is 9.55 Å². The largest absolute Gasteiger partial charge is 0.493 e. The number of aliphatic carboxylic acids is 1. The molecule has 11 heteroatoms. The third-order valence-electron chi connectivity index (χ3n) is 3.48. The molecular formula is C17H17F3N5O3+. The number of carboxylic acid groups (broad SMARTS) is 1. The Morgan fingerprint density at radius 2 is 2.00 bits per heavy atom. The molecular weight excluding hydrogens is 379 g/mol. The number of pyridine rings is 1. The Bertz CT molecular complexity index is 955. The van der Waals surface area contributed by atoms with Crippen molar-refractivity contribution in [1.29, 1.82) is 0 Å². The lowest BCUT2D eigenvalue weighted by Gasteiger charge is -2.06. The Morgan fingerprint density at radius 3 is 2.54 bits per heavy atom. The molecule has 3 aromatic heterocycles. The highest BCUT2D eigenvalue weighted by Crippen LogP contribution is 2.23. The summed E-state index contributed by atoms with van der Waals surface area (Å²) in [7, 11) is 0.926. The third-order valence-corrected chi connectivity index (χ3v) is 3.48. The van der Waals surface area contributed by atoms with Crippen molar-refractivity contribution in [2.75, 3.05) is 7.11 Å². The number of aryl methyl sites for hydroxylation is 1. The second-order valence-electron chi connectivity index (χ2n) is 5.41. The standard InChI is InChI=1S/C13H11N5O2.C4H5F3O/c19-11(20)4-9-17-7-2-10(3-8-17)12-15-16-13-14-5-1-6-18(12)13;1-3(8-2)4(5,6)7/h1-3,5-8H,4,9H2;1H2,2H3/p+1. The van der Waals surface area contributed by atoms with Crippen LogP contribution in [0, 0.1) is 0 Å². The Kier molecular flexibility index (Phi) is 6.64. The Morgan fingerprint density at radius 1 is 1.32 bits per heavy atom. The minimum atomic E-state index is -4.41. The van der Waals surface area contributed by atoms with Crippen LogP contribution in [0.4, 0.5) is 13.2 Å². The Hall–Kier alpha value is -3.50. The van der Waals surface area contributed by atoms with Gasteiger partial charge in [0.25, 0.3) is 5.78 Å². The van der Waals surface area contributed by atoms with Crippen LogP contribution >= 0.6 is 0 Å². The van der Waals surface area contributed by atoms with Crippen LogP contribution in [0.2, 0.25) is 0 Å². The van der Waals surface area contributed by atoms with E-state index in [1.165, 1.54) is 0 Å². The predicted octanol–water partition coefficient (Wildman–Crippen LogP) is 2.26. The highest BCUT2D eigenvalue weighted by molar-refractivity contribution is 5.66. The van der Waals surface area contributed by atoms with Crippen molar-refractivity contribution >= 4 is 11.7 Å². The molecule has 0 atom stereocenters. The van der Waals surface area contributed by atoms with Crippen molar-refractivity contribution in [2.45, 2.75) is 19.1 Å². The van der Waals surface area contributed by atoms with Gasteiger partial charge in [-0.15, -0.1) is 10.2 Å². The number of rotatable bonds is 5. The summed E-state index contributed by atoms with van der Waals surface area (Å²) in [5.41, 5.74) is 0.900. The van der Waals surface area contributed by atoms with Gasteiger partial charge in [-0.3, -0.25) is 9.20 Å². The van der Waals surface area contributed by atoms with Crippen molar-refractivity contribution in [3.63, 3.8) is 0 Å². The van der Waals surface area contributed by atoms with Crippen molar-refractivity contribution in [3.8, 4) is 11.4 Å². The molecule has 0 aromatic carbocycles. The third kappa shape index (κ3) is 5.50. The van der Waals surface area contributed by atoms with E-state index in [0.29, 0.717) is 18.1 Å². The number of allylic oxidation sites excluding steroid dienone is 1. The highest BCUT2D eigenvalue weighted by atomic mass is 19.4. The maximum absolute atomic E-state index is 11.2. The van der Waals surface area contributed by atoms with Crippen LogP contribution < -0.4 is 4.57 Å². The molecule has 0 saturated carbocycles. The molecule has 1 N–H and O–H groups in total. The first-order valence-electron chi connectivity index (χ1n) is 7.89. The monoisotopic (exact) mass is 396 g/mol. The molecule has 0 spiro atoms. The molecule has 0 radical (unpaired) electrons. The molecule has 0 amide bonds. The average molecular weight is 396 g/mol. The average Bonchev–Trinajstić information content (AvgIpc) is 3.10. The van der Waals surface area contributed by atoms with Crippen molar-refractivity contribution in [2.24, 2.45) is 0 Å². The zero-order valence-corrected chi connectivity index (χ0v) is 14.8. The molecule has 28 heavy (non-hydrogen) atoms. The van der Waals surface area contributed by atoms with E-state index in [-0.39, 0.29) is 6.42 Å². The molecule has 3 rings (SSSR count). The van der Waals surface area contributed by atoms with Crippen LogP contribution in [-0.4, -0.2) is 43.9 Å². The first kappa shape index (κ1) is 20.8. The van der Waals surface area contributed by atoms with Crippen LogP contribution in [0.1, 0.15) is 6.42 Å². The van der Waals surface area contributed by atoms with E-state index >= 15 is 0 Å². The van der Waals surface area contributed by atoms with Crippen LogP contribution in [-0.2, 0) is 16.1 Å². The second-order valence-corrected chi connectivity index (χ2v) is 5.41. The molecule has 0 aliphatic heterocycles. The van der Waals surface area contributed by atoms with E-state index in [1.807, 2.05) is 41.4 Å². The molecule has 3 heterocycles. The summed E-state index contributed by atoms with van der Waals surface area (Å²) in [4.78, 5) is 14.6. The Labute approximate surface area is 157 Å². The van der Waals surface area contributed by atoms with Crippen molar-refractivity contribution in [3.05, 3.63) is 55.3 Å². The summed E-state index contributed by atoms with van der Waals surface area (Å²) < 4.78 is 41.1. The number of hydrogen-bond donors (Lipinski definition) is 1. The van der Waals surface area contributed by atoms with Gasteiger partial charge in [-0.05, 0) is 6.07 Å². The number of carboxylic acids is 1. The van der Waals surface area contributed by atoms with Gasteiger partial charge in [0.05, 0.1) is 7.11 Å². The highest BCUT2D eigenvalue weighted by Gasteiger charge is 2.33. The van der Waals surface area contributed by atoms with Crippen molar-refractivity contribution in [1.82, 2.24) is 19.6 Å². The second kappa shape index (κ2) is 8.93. The van der Waals surface area contributed by atoms with E-state index < -0.39 is 17.9 Å². The molecule has 148 valence electrons. The van der Waals surface area contributed by atoms with E-state index in [0.717, 1.165) is 12.7 Å². The summed E-state index contributed by atoms with van der Waals surface area (Å²) in [5.74, 6) is -0.725. The van der Waals surface area contributed by atoms with Crippen LogP contribution in [0.5, 0.6) is 0 Å². The SMILES string of the molecule is C=C(OC)C(F)(F)F.O=C(O)CC[n+]1ccc(-c2nnc3ncccn23)cc1. The summed E-state index contributed by atoms with van der Waals surface area (Å²) in [6, 6.07) is 5.58. The number of methoxy groups -OCH3 is 1. The van der Waals surface area contributed by atoms with Gasteiger partial charge >= 0.3 is 12.1 Å². The number of alkyl halides is 3. The fraction of sp³-hybridized carbons (Fsp3) is 0.235. The van der Waals surface area contributed by atoms with Crippen LogP contribution in [0.15, 0.2) is 55.3 Å². The number of nitrogens with zero attached hydrogens (tertiary/aromatic N) is 5. The topological polar surface area (TPSA) is 93.5 Å². The first-order chi connectivity index (χ1) is 13.2. The molecule has 3 aromatic rings. The van der Waals surface area contributed by atoms with Gasteiger partial charge in [0.2, 0.25) is 0 Å². The lowest BCUT2D eigenvalue weighted by molar-refractivity contribution is -0.695. The lowest BCUT2D eigenvalue weighted by Crippen LogP contribution is -2.33. The summed E-state index contributed by atoms with van der Waals surface area (Å²) in [6.45, 7) is 3.04. The molecule has 8 nitrogen and oxygen atoms in total. The quantitative estimate of drug-likeness (QED) is 0.525. The van der Waals surface area contributed by atoms with Gasteiger partial charge < -0.3 is 9.84 Å². The van der Waals surface area contributed by atoms with Gasteiger partial charge in [0, 0.05) is 30.1 Å². The predicted molar refractivity (Wildman–Crippen MR) is 90.9 cm³/mol. The zero-order valence-electron chi connectivity index (χ0n) is 14.8. The molecule has 0 bridgehead atoms. The smallest absolute Gasteiger partial charge is 0.448 e. The van der Waals surface area contributed by atoms with E-state index in [2.05, 4.69) is 26.5 Å². The number of aromatic nitrogens is 5. The van der Waals surface area contributed by atoms with Crippen molar-refractivity contribution < 1.29 is 32.4 Å². The van der Waals surface area contributed by atoms with Gasteiger partial charge in [0.15, 0.2) is 30.5 Å². The normalized spacial score (nSPS) is 10.9. The fourth-order valence-corrected chi connectivity index (χ4v) is 2.04. The van der Waals surface area contributed by atoms with E-state index in [1.54, 1.807) is 10.6 Å². The number of hydrogen-bond acceptors (Lipinski definition) is 5. The maximum atomic E-state index is 11.2. The molecule has 0 fully saturated rings. The minimum Gasteiger partial charge on any atom is -0.493 e. The van der Waals surface area contributed by atoms with Gasteiger partial charge in [-0.1, -0.05) is 6.58 Å². The van der Waals surface area contributed by atoms with Gasteiger partial charge in [-0.2, -0.15) is 13.2 Å². The van der Waals surface area contributed by atoms with E-state index in [4.69, 9.17) is 5.11 Å². The van der Waals surface area contributed by atoms with Crippen LogP contribution in [0.3, 0.4) is 0 Å². The minimum absolute atomic E-state index is 0.0990. The number of carbonyl (C=O) groups is 1. The van der Waals surface area contributed by atoms with Crippen LogP contribution in [0.25, 0.3) is 17.2 Å². The molecule has 0 saturated heterocycles. The molecule has 0 aliphatic rings. The fourth-order valence-electron chi connectivity index (χ4n) is 2.04. The molecule has 0 aliphatic carbocycles. The summed E-state index contributed by atoms with van der Waals surface area (Å²) in [6.07, 6.45) is 2.86. The lowest BCUT2D eigenvalue weighted by atomic mass is 10.2. The summed E-state index contributed by atoms with van der Waals surface area (Å²) in [5, 5.41) is 16.8. The first-order valence-corrected chi connectivity index (χ1v) is 7.89. The zero-order chi connectivity index (χ0) is 20.7. The maximum Gasteiger partial charge on any atom is 0.448 e. The molecule has 0 unspecified atom stereocenters. The Balaban J connectivity index is 0.000000300. The number of halogens is 3. The van der Waals surface area contributed by atoms with E-state index in [9.17, 15) is 18.0 Å². The van der Waals surface area contributed by atoms with Gasteiger partial charge in [0.1, 0.15) is 6.42 Å². The summed E-state index contributed by atoms with van der Waals surface area (Å²) >= 11 is 0. The number of fused-ring (bicyclic) bond motifs is 1. The number of ether oxygens (including phenoxy) is 1.